The molecule has 0 radical (unpaired) electrons. The van der Waals surface area contributed by atoms with Crippen molar-refractivity contribution in [3.05, 3.63) is 0 Å². The highest BCUT2D eigenvalue weighted by Gasteiger charge is 2.22. The number of aliphatic hydroxyl groups is 1. The Morgan fingerprint density at radius 1 is 1.16 bits per heavy atom. The van der Waals surface area contributed by atoms with Gasteiger partial charge in [-0.2, -0.15) is 0 Å². The first-order chi connectivity index (χ1) is 8.90. The molecular weight excluding hydrogens is 256 g/mol. The number of carbonyl (C=O) groups excluding carboxylic acids is 2. The van der Waals surface area contributed by atoms with Crippen molar-refractivity contribution in [1.82, 2.24) is 0 Å². The van der Waals surface area contributed by atoms with Crippen LogP contribution >= 0.6 is 0 Å². The molecule has 0 saturated carbocycles. The zero-order chi connectivity index (χ0) is 14.8. The van der Waals surface area contributed by atoms with Crippen molar-refractivity contribution in [2.45, 2.75) is 51.7 Å². The lowest BCUT2D eigenvalue weighted by atomic mass is 10.2. The van der Waals surface area contributed by atoms with E-state index in [-0.39, 0.29) is 25.9 Å². The van der Waals surface area contributed by atoms with Crippen LogP contribution in [0, 0.1) is 0 Å². The van der Waals surface area contributed by atoms with Crippen LogP contribution in [0.25, 0.3) is 0 Å². The highest BCUT2D eigenvalue weighted by atomic mass is 16.6. The van der Waals surface area contributed by atoms with Gasteiger partial charge in [0.2, 0.25) is 0 Å². The van der Waals surface area contributed by atoms with E-state index in [0.717, 1.165) is 0 Å². The van der Waals surface area contributed by atoms with E-state index in [9.17, 15) is 14.4 Å². The molecule has 0 bridgehead atoms. The summed E-state index contributed by atoms with van der Waals surface area (Å²) in [6.07, 6.45) is -1.52. The van der Waals surface area contributed by atoms with Crippen molar-refractivity contribution in [3.8, 4) is 0 Å². The van der Waals surface area contributed by atoms with E-state index < -0.39 is 30.1 Å². The van der Waals surface area contributed by atoms with Crippen LogP contribution in [-0.4, -0.2) is 46.9 Å². The van der Waals surface area contributed by atoms with Crippen LogP contribution in [0.5, 0.6) is 0 Å². The van der Waals surface area contributed by atoms with Gasteiger partial charge in [-0.25, -0.2) is 4.79 Å². The third kappa shape index (κ3) is 8.15. The summed E-state index contributed by atoms with van der Waals surface area (Å²) in [6.45, 7) is 2.99. The molecule has 0 aromatic heterocycles. The van der Waals surface area contributed by atoms with Crippen molar-refractivity contribution in [3.63, 3.8) is 0 Å². The highest BCUT2D eigenvalue weighted by Crippen LogP contribution is 2.06. The predicted molar refractivity (Wildman–Crippen MR) is 64.3 cm³/mol. The van der Waals surface area contributed by atoms with Crippen LogP contribution in [0.15, 0.2) is 0 Å². The Hall–Kier alpha value is -1.63. The van der Waals surface area contributed by atoms with Crippen molar-refractivity contribution >= 4 is 17.9 Å². The standard InChI is InChI=1S/C12H20O7/c1-3-9(12(16)17)19-11(15)7-8(2)18-10(14)5-4-6-13/h8-9,13H,3-7H2,1-2H3,(H,16,17). The topological polar surface area (TPSA) is 110 Å². The Morgan fingerprint density at radius 3 is 2.26 bits per heavy atom. The van der Waals surface area contributed by atoms with E-state index in [1.54, 1.807) is 6.92 Å². The lowest BCUT2D eigenvalue weighted by Gasteiger charge is -2.15. The zero-order valence-electron chi connectivity index (χ0n) is 11.1. The van der Waals surface area contributed by atoms with E-state index in [2.05, 4.69) is 0 Å². The molecule has 0 aromatic rings. The monoisotopic (exact) mass is 276 g/mol. The summed E-state index contributed by atoms with van der Waals surface area (Å²) >= 11 is 0. The van der Waals surface area contributed by atoms with Crippen LogP contribution in [0.2, 0.25) is 0 Å². The minimum Gasteiger partial charge on any atom is -0.479 e. The summed E-state index contributed by atoms with van der Waals surface area (Å²) in [4.78, 5) is 33.3. The highest BCUT2D eigenvalue weighted by molar-refractivity contribution is 5.78. The quantitative estimate of drug-likeness (QED) is 0.589. The second kappa shape index (κ2) is 9.32. The second-order valence-corrected chi connectivity index (χ2v) is 4.06. The fourth-order valence-electron chi connectivity index (χ4n) is 1.30. The first-order valence-electron chi connectivity index (χ1n) is 6.13. The molecule has 0 amide bonds. The van der Waals surface area contributed by atoms with Crippen LogP contribution in [0.4, 0.5) is 0 Å². The third-order valence-corrected chi connectivity index (χ3v) is 2.25. The number of carbonyl (C=O) groups is 3. The molecule has 7 heteroatoms. The van der Waals surface area contributed by atoms with E-state index in [0.29, 0.717) is 6.42 Å². The van der Waals surface area contributed by atoms with Crippen molar-refractivity contribution < 1.29 is 34.1 Å². The van der Waals surface area contributed by atoms with Crippen molar-refractivity contribution in [2.75, 3.05) is 6.61 Å². The minimum atomic E-state index is -1.21. The van der Waals surface area contributed by atoms with Gasteiger partial charge in [-0.05, 0) is 19.8 Å². The SMILES string of the molecule is CCC(OC(=O)CC(C)OC(=O)CCCO)C(=O)O. The van der Waals surface area contributed by atoms with Gasteiger partial charge in [-0.1, -0.05) is 6.92 Å². The maximum absolute atomic E-state index is 11.4. The van der Waals surface area contributed by atoms with Crippen LogP contribution in [0.1, 0.15) is 39.5 Å². The molecule has 0 rings (SSSR count). The third-order valence-electron chi connectivity index (χ3n) is 2.25. The number of ether oxygens (including phenoxy) is 2. The maximum Gasteiger partial charge on any atom is 0.345 e. The van der Waals surface area contributed by atoms with Gasteiger partial charge in [0.15, 0.2) is 6.10 Å². The molecule has 2 atom stereocenters. The largest absolute Gasteiger partial charge is 0.479 e. The lowest BCUT2D eigenvalue weighted by Crippen LogP contribution is -2.28. The average molecular weight is 276 g/mol. The maximum atomic E-state index is 11.4. The van der Waals surface area contributed by atoms with Crippen molar-refractivity contribution in [2.24, 2.45) is 0 Å². The summed E-state index contributed by atoms with van der Waals surface area (Å²) in [5, 5.41) is 17.2. The number of carboxylic acid groups (broad SMARTS) is 1. The Balaban J connectivity index is 4.04. The number of aliphatic hydroxyl groups excluding tert-OH is 1. The van der Waals surface area contributed by atoms with E-state index in [1.807, 2.05) is 0 Å². The second-order valence-electron chi connectivity index (χ2n) is 4.06. The molecule has 0 saturated heterocycles. The van der Waals surface area contributed by atoms with E-state index >= 15 is 0 Å². The average Bonchev–Trinajstić information content (AvgIpc) is 2.32. The van der Waals surface area contributed by atoms with E-state index in [4.69, 9.17) is 19.7 Å². The van der Waals surface area contributed by atoms with Gasteiger partial charge in [-0.15, -0.1) is 0 Å². The Kier molecular flexibility index (Phi) is 8.52. The molecule has 0 aliphatic rings. The van der Waals surface area contributed by atoms with Crippen LogP contribution in [-0.2, 0) is 23.9 Å². The number of carboxylic acids is 1. The molecule has 110 valence electrons. The van der Waals surface area contributed by atoms with Gasteiger partial charge < -0.3 is 19.7 Å². The number of rotatable bonds is 9. The summed E-state index contributed by atoms with van der Waals surface area (Å²) in [5.41, 5.74) is 0. The van der Waals surface area contributed by atoms with Gasteiger partial charge >= 0.3 is 17.9 Å². The Morgan fingerprint density at radius 2 is 1.79 bits per heavy atom. The number of esters is 2. The number of hydrogen-bond donors (Lipinski definition) is 2. The number of aliphatic carboxylic acids is 1. The molecule has 0 aliphatic heterocycles. The molecule has 0 spiro atoms. The first-order valence-corrected chi connectivity index (χ1v) is 6.13. The first kappa shape index (κ1) is 17.4. The summed E-state index contributed by atoms with van der Waals surface area (Å²) in [7, 11) is 0. The van der Waals surface area contributed by atoms with Crippen LogP contribution in [0.3, 0.4) is 0 Å². The molecule has 0 aromatic carbocycles. The molecule has 7 nitrogen and oxygen atoms in total. The number of hydrogen-bond acceptors (Lipinski definition) is 6. The van der Waals surface area contributed by atoms with Gasteiger partial charge in [0, 0.05) is 13.0 Å². The zero-order valence-corrected chi connectivity index (χ0v) is 11.1. The minimum absolute atomic E-state index is 0.0720. The summed E-state index contributed by atoms with van der Waals surface area (Å²) in [6, 6.07) is 0. The lowest BCUT2D eigenvalue weighted by molar-refractivity contribution is -0.167. The molecule has 0 aliphatic carbocycles. The van der Waals surface area contributed by atoms with Gasteiger partial charge in [0.25, 0.3) is 0 Å². The Bertz CT molecular complexity index is 313. The normalized spacial score (nSPS) is 13.4. The molecular formula is C12H20O7. The molecule has 2 unspecified atom stereocenters. The molecule has 2 N–H and O–H groups in total. The van der Waals surface area contributed by atoms with E-state index in [1.165, 1.54) is 6.92 Å². The Labute approximate surface area is 111 Å². The predicted octanol–water partition coefficient (Wildman–Crippen LogP) is 0.487. The smallest absolute Gasteiger partial charge is 0.345 e. The fourth-order valence-corrected chi connectivity index (χ4v) is 1.30. The van der Waals surface area contributed by atoms with Crippen LogP contribution < -0.4 is 0 Å². The fraction of sp³-hybridized carbons (Fsp3) is 0.750. The van der Waals surface area contributed by atoms with Gasteiger partial charge in [0.05, 0.1) is 6.42 Å². The summed E-state index contributed by atoms with van der Waals surface area (Å²) < 4.78 is 9.63. The van der Waals surface area contributed by atoms with Gasteiger partial charge in [-0.3, -0.25) is 9.59 Å². The van der Waals surface area contributed by atoms with Gasteiger partial charge in [0.1, 0.15) is 6.10 Å². The molecule has 0 heterocycles. The molecule has 0 fully saturated rings. The van der Waals surface area contributed by atoms with Crippen molar-refractivity contribution in [1.29, 1.82) is 0 Å². The summed E-state index contributed by atoms with van der Waals surface area (Å²) in [5.74, 6) is -2.44. The molecule has 19 heavy (non-hydrogen) atoms.